The van der Waals surface area contributed by atoms with Crippen LogP contribution in [0.2, 0.25) is 0 Å². The second-order valence-electron chi connectivity index (χ2n) is 3.24. The summed E-state index contributed by atoms with van der Waals surface area (Å²) in [5, 5.41) is 8.24. The number of nitriles is 1. The fraction of sp³-hybridized carbons (Fsp3) is 0.857. The first-order valence-electron chi connectivity index (χ1n) is 4.18. The summed E-state index contributed by atoms with van der Waals surface area (Å²) >= 11 is 0. The molecule has 0 spiro atoms. The molecule has 0 amide bonds. The van der Waals surface area contributed by atoms with Crippen LogP contribution < -0.4 is 10.5 Å². The van der Waals surface area contributed by atoms with E-state index in [1.54, 1.807) is 6.07 Å². The lowest BCUT2D eigenvalue weighted by molar-refractivity contribution is 0.524. The predicted molar refractivity (Wildman–Crippen MR) is 48.1 cm³/mol. The van der Waals surface area contributed by atoms with Crippen molar-refractivity contribution in [1.82, 2.24) is 4.72 Å². The third-order valence-corrected chi connectivity index (χ3v) is 3.33. The highest BCUT2D eigenvalue weighted by Gasteiger charge is 2.27. The Bertz CT molecular complexity index is 306. The highest BCUT2D eigenvalue weighted by atomic mass is 32.2. The SMILES string of the molecule is N#CCS(=O)(=O)NC1CCCC1N. The van der Waals surface area contributed by atoms with E-state index in [1.807, 2.05) is 0 Å². The van der Waals surface area contributed by atoms with Gasteiger partial charge in [-0.25, -0.2) is 13.1 Å². The normalized spacial score (nSPS) is 28.6. The van der Waals surface area contributed by atoms with Gasteiger partial charge in [0.15, 0.2) is 5.75 Å². The van der Waals surface area contributed by atoms with E-state index in [9.17, 15) is 8.42 Å². The molecule has 2 atom stereocenters. The van der Waals surface area contributed by atoms with E-state index in [2.05, 4.69) is 4.72 Å². The minimum absolute atomic E-state index is 0.103. The maximum Gasteiger partial charge on any atom is 0.225 e. The van der Waals surface area contributed by atoms with E-state index < -0.39 is 15.8 Å². The van der Waals surface area contributed by atoms with Crippen molar-refractivity contribution >= 4 is 10.0 Å². The number of rotatable bonds is 3. The molecule has 5 nitrogen and oxygen atoms in total. The van der Waals surface area contributed by atoms with Gasteiger partial charge in [-0.05, 0) is 12.8 Å². The predicted octanol–water partition coefficient (Wildman–Crippen LogP) is -0.691. The quantitative estimate of drug-likeness (QED) is 0.634. The van der Waals surface area contributed by atoms with E-state index in [0.29, 0.717) is 0 Å². The van der Waals surface area contributed by atoms with Crippen LogP contribution in [0.3, 0.4) is 0 Å². The van der Waals surface area contributed by atoms with Gasteiger partial charge in [0.1, 0.15) is 0 Å². The Labute approximate surface area is 78.0 Å². The average Bonchev–Trinajstić information content (AvgIpc) is 2.35. The Balaban J connectivity index is 2.54. The van der Waals surface area contributed by atoms with Crippen LogP contribution in [0.25, 0.3) is 0 Å². The van der Waals surface area contributed by atoms with Crippen LogP contribution in [0.4, 0.5) is 0 Å². The Morgan fingerprint density at radius 1 is 1.54 bits per heavy atom. The lowest BCUT2D eigenvalue weighted by Gasteiger charge is -2.15. The number of nitrogens with one attached hydrogen (secondary N) is 1. The van der Waals surface area contributed by atoms with Gasteiger partial charge in [0, 0.05) is 12.1 Å². The molecular weight excluding hydrogens is 190 g/mol. The minimum atomic E-state index is -3.44. The molecule has 0 aromatic carbocycles. The highest BCUT2D eigenvalue weighted by molar-refractivity contribution is 7.89. The molecule has 0 aliphatic heterocycles. The summed E-state index contributed by atoms with van der Waals surface area (Å²) in [6, 6.07) is 1.32. The first kappa shape index (κ1) is 10.4. The minimum Gasteiger partial charge on any atom is -0.326 e. The molecule has 3 N–H and O–H groups in total. The summed E-state index contributed by atoms with van der Waals surface area (Å²) in [5.41, 5.74) is 5.67. The van der Waals surface area contributed by atoms with Crippen LogP contribution in [0.1, 0.15) is 19.3 Å². The van der Waals surface area contributed by atoms with Gasteiger partial charge in [0.05, 0.1) is 6.07 Å². The third-order valence-electron chi connectivity index (χ3n) is 2.15. The molecule has 0 bridgehead atoms. The van der Waals surface area contributed by atoms with Gasteiger partial charge in [-0.1, -0.05) is 6.42 Å². The van der Waals surface area contributed by atoms with E-state index >= 15 is 0 Å². The molecule has 1 saturated carbocycles. The summed E-state index contributed by atoms with van der Waals surface area (Å²) in [7, 11) is -3.44. The molecule has 1 aliphatic carbocycles. The Morgan fingerprint density at radius 3 is 2.69 bits per heavy atom. The highest BCUT2D eigenvalue weighted by Crippen LogP contribution is 2.17. The molecule has 1 aliphatic rings. The van der Waals surface area contributed by atoms with Gasteiger partial charge in [-0.3, -0.25) is 0 Å². The van der Waals surface area contributed by atoms with E-state index in [0.717, 1.165) is 19.3 Å². The van der Waals surface area contributed by atoms with Crippen molar-refractivity contribution in [2.45, 2.75) is 31.3 Å². The van der Waals surface area contributed by atoms with Crippen LogP contribution in [0.5, 0.6) is 0 Å². The monoisotopic (exact) mass is 203 g/mol. The standard InChI is InChI=1S/C7H13N3O2S/c8-4-5-13(11,12)10-7-3-1-2-6(7)9/h6-7,10H,1-3,5,9H2. The van der Waals surface area contributed by atoms with E-state index in [-0.39, 0.29) is 12.1 Å². The molecule has 74 valence electrons. The Hall–Kier alpha value is -0.640. The zero-order valence-corrected chi connectivity index (χ0v) is 8.05. The lowest BCUT2D eigenvalue weighted by atomic mass is 10.2. The van der Waals surface area contributed by atoms with Crippen molar-refractivity contribution in [3.63, 3.8) is 0 Å². The van der Waals surface area contributed by atoms with Crippen LogP contribution in [-0.2, 0) is 10.0 Å². The molecular formula is C7H13N3O2S. The van der Waals surface area contributed by atoms with Crippen molar-refractivity contribution < 1.29 is 8.42 Å². The van der Waals surface area contributed by atoms with Crippen LogP contribution in [0, 0.1) is 11.3 Å². The molecule has 2 unspecified atom stereocenters. The topological polar surface area (TPSA) is 96.0 Å². The second kappa shape index (κ2) is 4.05. The van der Waals surface area contributed by atoms with Crippen molar-refractivity contribution in [1.29, 1.82) is 5.26 Å². The number of sulfonamides is 1. The molecule has 6 heteroatoms. The smallest absolute Gasteiger partial charge is 0.225 e. The largest absolute Gasteiger partial charge is 0.326 e. The molecule has 1 rings (SSSR count). The number of hydrogen-bond donors (Lipinski definition) is 2. The van der Waals surface area contributed by atoms with Crippen molar-refractivity contribution in [3.05, 3.63) is 0 Å². The van der Waals surface area contributed by atoms with Gasteiger partial charge in [0.2, 0.25) is 10.0 Å². The molecule has 0 heterocycles. The van der Waals surface area contributed by atoms with E-state index in [1.165, 1.54) is 0 Å². The second-order valence-corrected chi connectivity index (χ2v) is 4.99. The molecule has 0 radical (unpaired) electrons. The Kier molecular flexibility index (Phi) is 3.25. The summed E-state index contributed by atoms with van der Waals surface area (Å²) in [6.45, 7) is 0. The summed E-state index contributed by atoms with van der Waals surface area (Å²) < 4.78 is 24.7. The first-order valence-corrected chi connectivity index (χ1v) is 5.83. The molecule has 0 saturated heterocycles. The van der Waals surface area contributed by atoms with Gasteiger partial charge < -0.3 is 5.73 Å². The van der Waals surface area contributed by atoms with Gasteiger partial charge >= 0.3 is 0 Å². The first-order chi connectivity index (χ1) is 6.05. The van der Waals surface area contributed by atoms with Crippen molar-refractivity contribution in [3.8, 4) is 6.07 Å². The number of nitrogens with two attached hydrogens (primary N) is 1. The number of hydrogen-bond acceptors (Lipinski definition) is 4. The number of nitrogens with zero attached hydrogens (tertiary/aromatic N) is 1. The summed E-state index contributed by atoms with van der Waals surface area (Å²) in [5.74, 6) is -0.490. The average molecular weight is 203 g/mol. The maximum absolute atomic E-state index is 11.1. The van der Waals surface area contributed by atoms with Crippen LogP contribution in [0.15, 0.2) is 0 Å². The van der Waals surface area contributed by atoms with Crippen molar-refractivity contribution in [2.75, 3.05) is 5.75 Å². The van der Waals surface area contributed by atoms with Gasteiger partial charge in [0.25, 0.3) is 0 Å². The van der Waals surface area contributed by atoms with Crippen LogP contribution in [-0.4, -0.2) is 26.3 Å². The lowest BCUT2D eigenvalue weighted by Crippen LogP contribution is -2.44. The molecule has 1 fully saturated rings. The van der Waals surface area contributed by atoms with Gasteiger partial charge in [-0.2, -0.15) is 5.26 Å². The summed E-state index contributed by atoms with van der Waals surface area (Å²) in [4.78, 5) is 0. The fourth-order valence-electron chi connectivity index (χ4n) is 1.49. The maximum atomic E-state index is 11.1. The molecule has 0 aromatic heterocycles. The van der Waals surface area contributed by atoms with Crippen LogP contribution >= 0.6 is 0 Å². The molecule has 13 heavy (non-hydrogen) atoms. The van der Waals surface area contributed by atoms with Crippen molar-refractivity contribution in [2.24, 2.45) is 5.73 Å². The van der Waals surface area contributed by atoms with E-state index in [4.69, 9.17) is 11.0 Å². The Morgan fingerprint density at radius 2 is 2.23 bits per heavy atom. The zero-order valence-electron chi connectivity index (χ0n) is 7.23. The fourth-order valence-corrected chi connectivity index (χ4v) is 2.50. The zero-order chi connectivity index (χ0) is 9.90. The van der Waals surface area contributed by atoms with Gasteiger partial charge in [-0.15, -0.1) is 0 Å². The summed E-state index contributed by atoms with van der Waals surface area (Å²) in [6.07, 6.45) is 2.56. The third kappa shape index (κ3) is 2.95. The molecule has 0 aromatic rings.